The topological polar surface area (TPSA) is 58.6 Å². The molecular weight excluding hydrogens is 324 g/mol. The predicted molar refractivity (Wildman–Crippen MR) is 86.0 cm³/mol. The van der Waals surface area contributed by atoms with Crippen molar-refractivity contribution in [3.8, 4) is 5.88 Å². The zero-order valence-corrected chi connectivity index (χ0v) is 13.6. The third-order valence-electron chi connectivity index (χ3n) is 3.54. The highest BCUT2D eigenvalue weighted by molar-refractivity contribution is 7.12. The van der Waals surface area contributed by atoms with E-state index in [0.29, 0.717) is 28.9 Å². The van der Waals surface area contributed by atoms with E-state index in [1.165, 1.54) is 17.7 Å². The van der Waals surface area contributed by atoms with Gasteiger partial charge in [0.15, 0.2) is 0 Å². The average Bonchev–Trinajstić information content (AvgIpc) is 3.00. The Bertz CT molecular complexity index is 670. The van der Waals surface area contributed by atoms with Gasteiger partial charge in [0.1, 0.15) is 17.0 Å². The zero-order chi connectivity index (χ0) is 15.5. The molecule has 0 radical (unpaired) electrons. The second-order valence-electron chi connectivity index (χ2n) is 4.80. The minimum atomic E-state index is -0.0000758. The van der Waals surface area contributed by atoms with Gasteiger partial charge < -0.3 is 14.5 Å². The SMILES string of the molecule is COc1cc(N2CCN(C(=O)c3sccc3Cl)CC2)ncn1. The Morgan fingerprint density at radius 1 is 1.32 bits per heavy atom. The van der Waals surface area contributed by atoms with Crippen molar-refractivity contribution in [2.24, 2.45) is 0 Å². The van der Waals surface area contributed by atoms with Gasteiger partial charge in [0, 0.05) is 32.2 Å². The number of aromatic nitrogens is 2. The van der Waals surface area contributed by atoms with Crippen molar-refractivity contribution in [3.63, 3.8) is 0 Å². The lowest BCUT2D eigenvalue weighted by molar-refractivity contribution is 0.0751. The summed E-state index contributed by atoms with van der Waals surface area (Å²) in [6, 6.07) is 3.55. The molecule has 0 aromatic carbocycles. The highest BCUT2D eigenvalue weighted by Gasteiger charge is 2.25. The Morgan fingerprint density at radius 2 is 2.09 bits per heavy atom. The Kier molecular flexibility index (Phi) is 4.44. The first-order valence-corrected chi connectivity index (χ1v) is 8.08. The molecule has 0 atom stereocenters. The third kappa shape index (κ3) is 3.00. The van der Waals surface area contributed by atoms with Crippen LogP contribution in [0.15, 0.2) is 23.8 Å². The van der Waals surface area contributed by atoms with Gasteiger partial charge in [-0.1, -0.05) is 11.6 Å². The lowest BCUT2D eigenvalue weighted by Crippen LogP contribution is -2.49. The van der Waals surface area contributed by atoms with Gasteiger partial charge in [-0.25, -0.2) is 9.97 Å². The van der Waals surface area contributed by atoms with Crippen molar-refractivity contribution in [2.45, 2.75) is 0 Å². The molecule has 1 fully saturated rings. The van der Waals surface area contributed by atoms with Crippen molar-refractivity contribution in [1.82, 2.24) is 14.9 Å². The van der Waals surface area contributed by atoms with Crippen LogP contribution >= 0.6 is 22.9 Å². The van der Waals surface area contributed by atoms with E-state index in [4.69, 9.17) is 16.3 Å². The first-order chi connectivity index (χ1) is 10.7. The standard InChI is InChI=1S/C14H15ClN4O2S/c1-21-12-8-11(16-9-17-12)18-3-5-19(6-4-18)14(20)13-10(15)2-7-22-13/h2,7-9H,3-6H2,1H3. The Hall–Kier alpha value is -1.86. The summed E-state index contributed by atoms with van der Waals surface area (Å²) >= 11 is 7.41. The molecule has 0 bridgehead atoms. The predicted octanol–water partition coefficient (Wildman–Crippen LogP) is 2.16. The molecule has 0 aliphatic carbocycles. The molecule has 1 saturated heterocycles. The second kappa shape index (κ2) is 6.50. The molecule has 8 heteroatoms. The molecule has 1 aliphatic rings. The van der Waals surface area contributed by atoms with E-state index in [9.17, 15) is 4.79 Å². The Labute approximate surface area is 137 Å². The number of carbonyl (C=O) groups excluding carboxylic acids is 1. The van der Waals surface area contributed by atoms with Gasteiger partial charge in [-0.05, 0) is 11.4 Å². The molecule has 0 N–H and O–H groups in total. The van der Waals surface area contributed by atoms with Gasteiger partial charge in [-0.15, -0.1) is 11.3 Å². The van der Waals surface area contributed by atoms with Crippen LogP contribution in [0.25, 0.3) is 0 Å². The zero-order valence-electron chi connectivity index (χ0n) is 12.0. The van der Waals surface area contributed by atoms with Crippen LogP contribution in [0, 0.1) is 0 Å². The number of amides is 1. The summed E-state index contributed by atoms with van der Waals surface area (Å²) in [5.41, 5.74) is 0. The van der Waals surface area contributed by atoms with Gasteiger partial charge in [-0.3, -0.25) is 4.79 Å². The quantitative estimate of drug-likeness (QED) is 0.858. The number of rotatable bonds is 3. The van der Waals surface area contributed by atoms with Crippen LogP contribution in [-0.2, 0) is 0 Å². The number of hydrogen-bond donors (Lipinski definition) is 0. The molecular formula is C14H15ClN4O2S. The molecule has 6 nitrogen and oxygen atoms in total. The fourth-order valence-electron chi connectivity index (χ4n) is 2.34. The summed E-state index contributed by atoms with van der Waals surface area (Å²) in [6.07, 6.45) is 1.48. The molecule has 3 rings (SSSR count). The summed E-state index contributed by atoms with van der Waals surface area (Å²) in [4.78, 5) is 25.2. The van der Waals surface area contributed by atoms with Gasteiger partial charge in [0.2, 0.25) is 5.88 Å². The van der Waals surface area contributed by atoms with Gasteiger partial charge in [-0.2, -0.15) is 0 Å². The molecule has 2 aromatic heterocycles. The van der Waals surface area contributed by atoms with E-state index in [0.717, 1.165) is 18.9 Å². The highest BCUT2D eigenvalue weighted by atomic mass is 35.5. The number of thiophene rings is 1. The summed E-state index contributed by atoms with van der Waals surface area (Å²) in [6.45, 7) is 2.71. The minimum Gasteiger partial charge on any atom is -0.481 e. The minimum absolute atomic E-state index is 0.0000758. The van der Waals surface area contributed by atoms with Crippen LogP contribution in [0.3, 0.4) is 0 Å². The summed E-state index contributed by atoms with van der Waals surface area (Å²) < 4.78 is 5.11. The Balaban J connectivity index is 1.65. The van der Waals surface area contributed by atoms with E-state index in [2.05, 4.69) is 14.9 Å². The molecule has 1 amide bonds. The fourth-order valence-corrected chi connectivity index (χ4v) is 3.45. The maximum atomic E-state index is 12.4. The van der Waals surface area contributed by atoms with Crippen LogP contribution in [0.5, 0.6) is 5.88 Å². The Morgan fingerprint density at radius 3 is 2.73 bits per heavy atom. The van der Waals surface area contributed by atoms with E-state index >= 15 is 0 Å². The van der Waals surface area contributed by atoms with E-state index in [1.54, 1.807) is 19.2 Å². The number of hydrogen-bond acceptors (Lipinski definition) is 6. The lowest BCUT2D eigenvalue weighted by atomic mass is 10.3. The van der Waals surface area contributed by atoms with Crippen LogP contribution in [0.1, 0.15) is 9.67 Å². The number of piperazine rings is 1. The van der Waals surface area contributed by atoms with Gasteiger partial charge >= 0.3 is 0 Å². The first kappa shape index (κ1) is 15.1. The molecule has 22 heavy (non-hydrogen) atoms. The third-order valence-corrected chi connectivity index (χ3v) is 4.87. The second-order valence-corrected chi connectivity index (χ2v) is 6.12. The maximum absolute atomic E-state index is 12.4. The van der Waals surface area contributed by atoms with Crippen molar-refractivity contribution < 1.29 is 9.53 Å². The molecule has 0 spiro atoms. The fraction of sp³-hybridized carbons (Fsp3) is 0.357. The van der Waals surface area contributed by atoms with Crippen molar-refractivity contribution in [2.75, 3.05) is 38.2 Å². The molecule has 2 aromatic rings. The van der Waals surface area contributed by atoms with Crippen molar-refractivity contribution >= 4 is 34.7 Å². The smallest absolute Gasteiger partial charge is 0.265 e. The van der Waals surface area contributed by atoms with E-state index in [-0.39, 0.29) is 5.91 Å². The number of ether oxygens (including phenoxy) is 1. The van der Waals surface area contributed by atoms with Gasteiger partial charge in [0.05, 0.1) is 12.1 Å². The average molecular weight is 339 g/mol. The number of nitrogens with zero attached hydrogens (tertiary/aromatic N) is 4. The van der Waals surface area contributed by atoms with Crippen LogP contribution in [-0.4, -0.2) is 54.1 Å². The maximum Gasteiger partial charge on any atom is 0.265 e. The number of methoxy groups -OCH3 is 1. The molecule has 116 valence electrons. The summed E-state index contributed by atoms with van der Waals surface area (Å²) in [5, 5.41) is 2.36. The summed E-state index contributed by atoms with van der Waals surface area (Å²) in [7, 11) is 1.58. The van der Waals surface area contributed by atoms with Gasteiger partial charge in [0.25, 0.3) is 5.91 Å². The van der Waals surface area contributed by atoms with Crippen LogP contribution in [0.4, 0.5) is 5.82 Å². The van der Waals surface area contributed by atoms with Crippen molar-refractivity contribution in [1.29, 1.82) is 0 Å². The molecule has 1 aliphatic heterocycles. The summed E-state index contributed by atoms with van der Waals surface area (Å²) in [5.74, 6) is 1.35. The lowest BCUT2D eigenvalue weighted by Gasteiger charge is -2.35. The molecule has 0 unspecified atom stereocenters. The van der Waals surface area contributed by atoms with E-state index in [1.807, 2.05) is 10.3 Å². The van der Waals surface area contributed by atoms with E-state index < -0.39 is 0 Å². The number of anilines is 1. The molecule has 3 heterocycles. The normalized spacial score (nSPS) is 15.0. The van der Waals surface area contributed by atoms with Crippen molar-refractivity contribution in [3.05, 3.63) is 33.7 Å². The monoisotopic (exact) mass is 338 g/mol. The first-order valence-electron chi connectivity index (χ1n) is 6.82. The molecule has 0 saturated carbocycles. The largest absolute Gasteiger partial charge is 0.481 e. The number of carbonyl (C=O) groups is 1. The number of halogens is 1. The van der Waals surface area contributed by atoms with Crippen LogP contribution in [0.2, 0.25) is 5.02 Å². The highest BCUT2D eigenvalue weighted by Crippen LogP contribution is 2.25. The van der Waals surface area contributed by atoms with Crippen LogP contribution < -0.4 is 9.64 Å².